The number of ketones is 1. The van der Waals surface area contributed by atoms with Gasteiger partial charge in [0.25, 0.3) is 5.91 Å². The summed E-state index contributed by atoms with van der Waals surface area (Å²) in [6, 6.07) is 2.02. The van der Waals surface area contributed by atoms with Crippen molar-refractivity contribution in [3.05, 3.63) is 21.4 Å². The Balaban J connectivity index is 1.98. The maximum Gasteiger partial charge on any atom is 0.261 e. The SMILES string of the molecule is CC(C)(C)C(=O)CNC(=O)c1cc2c(s1)CCCCC2. The summed E-state index contributed by atoms with van der Waals surface area (Å²) in [5.74, 6) is -0.0513. The molecule has 0 saturated heterocycles. The second kappa shape index (κ2) is 6.08. The van der Waals surface area contributed by atoms with Crippen LogP contribution in [-0.4, -0.2) is 18.2 Å². The number of aryl methyl sites for hydroxylation is 2. The van der Waals surface area contributed by atoms with E-state index in [9.17, 15) is 9.59 Å². The summed E-state index contributed by atoms with van der Waals surface area (Å²) in [5, 5.41) is 2.75. The number of fused-ring (bicyclic) bond motifs is 1. The number of nitrogens with one attached hydrogen (secondary N) is 1. The van der Waals surface area contributed by atoms with Gasteiger partial charge in [-0.1, -0.05) is 27.2 Å². The number of hydrogen-bond acceptors (Lipinski definition) is 3. The van der Waals surface area contributed by atoms with Crippen LogP contribution in [0.2, 0.25) is 0 Å². The maximum atomic E-state index is 12.1. The molecular formula is C16H23NO2S. The Hall–Kier alpha value is -1.16. The van der Waals surface area contributed by atoms with E-state index >= 15 is 0 Å². The predicted octanol–water partition coefficient (Wildman–Crippen LogP) is 3.36. The fraction of sp³-hybridized carbons (Fsp3) is 0.625. The highest BCUT2D eigenvalue weighted by Crippen LogP contribution is 2.28. The normalized spacial score (nSPS) is 15.3. The zero-order chi connectivity index (χ0) is 14.8. The zero-order valence-electron chi connectivity index (χ0n) is 12.5. The number of carbonyl (C=O) groups excluding carboxylic acids is 2. The highest BCUT2D eigenvalue weighted by molar-refractivity contribution is 7.14. The molecule has 0 radical (unpaired) electrons. The van der Waals surface area contributed by atoms with Crippen molar-refractivity contribution in [3.63, 3.8) is 0 Å². The van der Waals surface area contributed by atoms with Crippen LogP contribution in [0, 0.1) is 5.41 Å². The molecule has 0 aliphatic heterocycles. The quantitative estimate of drug-likeness (QED) is 0.869. The molecule has 4 heteroatoms. The van der Waals surface area contributed by atoms with Gasteiger partial charge in [0.15, 0.2) is 5.78 Å². The smallest absolute Gasteiger partial charge is 0.261 e. The van der Waals surface area contributed by atoms with Crippen molar-refractivity contribution in [2.45, 2.75) is 52.9 Å². The van der Waals surface area contributed by atoms with Crippen LogP contribution in [0.15, 0.2) is 6.07 Å². The van der Waals surface area contributed by atoms with E-state index in [2.05, 4.69) is 5.32 Å². The van der Waals surface area contributed by atoms with E-state index in [0.29, 0.717) is 0 Å². The Labute approximate surface area is 124 Å². The predicted molar refractivity (Wildman–Crippen MR) is 82.4 cm³/mol. The molecule has 0 aromatic carbocycles. The third-order valence-electron chi connectivity index (χ3n) is 3.72. The molecule has 1 N–H and O–H groups in total. The molecule has 1 aromatic heterocycles. The first-order chi connectivity index (χ1) is 9.38. The van der Waals surface area contributed by atoms with Gasteiger partial charge in [0.05, 0.1) is 11.4 Å². The summed E-state index contributed by atoms with van der Waals surface area (Å²) in [6.45, 7) is 5.73. The van der Waals surface area contributed by atoms with Crippen molar-refractivity contribution >= 4 is 23.0 Å². The molecule has 20 heavy (non-hydrogen) atoms. The molecule has 1 aliphatic carbocycles. The lowest BCUT2D eigenvalue weighted by Gasteiger charge is -2.16. The zero-order valence-corrected chi connectivity index (χ0v) is 13.4. The van der Waals surface area contributed by atoms with E-state index in [1.54, 1.807) is 11.3 Å². The Morgan fingerprint density at radius 3 is 2.60 bits per heavy atom. The Morgan fingerprint density at radius 2 is 1.90 bits per heavy atom. The maximum absolute atomic E-state index is 12.1. The molecular weight excluding hydrogens is 270 g/mol. The molecule has 0 spiro atoms. The summed E-state index contributed by atoms with van der Waals surface area (Å²) in [7, 11) is 0. The third-order valence-corrected chi connectivity index (χ3v) is 4.95. The Morgan fingerprint density at radius 1 is 1.20 bits per heavy atom. The summed E-state index contributed by atoms with van der Waals surface area (Å²) < 4.78 is 0. The van der Waals surface area contributed by atoms with Gasteiger partial charge in [0, 0.05) is 10.3 Å². The van der Waals surface area contributed by atoms with E-state index < -0.39 is 5.41 Å². The van der Waals surface area contributed by atoms with Gasteiger partial charge in [-0.2, -0.15) is 0 Å². The standard InChI is InChI=1S/C16H23NO2S/c1-16(2,3)14(18)10-17-15(19)13-9-11-7-5-4-6-8-12(11)20-13/h9H,4-8,10H2,1-3H3,(H,17,19). The van der Waals surface area contributed by atoms with Crippen LogP contribution >= 0.6 is 11.3 Å². The van der Waals surface area contributed by atoms with Crippen LogP contribution in [0.25, 0.3) is 0 Å². The molecule has 1 heterocycles. The van der Waals surface area contributed by atoms with Crippen molar-refractivity contribution in [1.82, 2.24) is 5.32 Å². The molecule has 1 aromatic rings. The summed E-state index contributed by atoms with van der Waals surface area (Å²) >= 11 is 1.59. The van der Waals surface area contributed by atoms with Gasteiger partial charge in [-0.05, 0) is 37.3 Å². The summed E-state index contributed by atoms with van der Waals surface area (Å²) in [4.78, 5) is 26.1. The second-order valence-electron chi connectivity index (χ2n) is 6.48. The number of Topliss-reactive ketones (excluding diaryl/α,β-unsaturated/α-hetero) is 1. The minimum atomic E-state index is -0.403. The van der Waals surface area contributed by atoms with Crippen LogP contribution in [0.5, 0.6) is 0 Å². The van der Waals surface area contributed by atoms with Crippen LogP contribution in [0.4, 0.5) is 0 Å². The highest BCUT2D eigenvalue weighted by Gasteiger charge is 2.22. The van der Waals surface area contributed by atoms with Gasteiger partial charge in [-0.25, -0.2) is 0 Å². The molecule has 0 bridgehead atoms. The summed E-state index contributed by atoms with van der Waals surface area (Å²) in [6.07, 6.45) is 5.89. The number of rotatable bonds is 3. The Kier molecular flexibility index (Phi) is 4.63. The molecule has 0 unspecified atom stereocenters. The van der Waals surface area contributed by atoms with Gasteiger partial charge < -0.3 is 5.32 Å². The van der Waals surface area contributed by atoms with Crippen molar-refractivity contribution in [2.24, 2.45) is 5.41 Å². The average Bonchev–Trinajstić information content (AvgIpc) is 2.66. The lowest BCUT2D eigenvalue weighted by Crippen LogP contribution is -2.35. The van der Waals surface area contributed by atoms with Crippen molar-refractivity contribution in [2.75, 3.05) is 6.54 Å². The lowest BCUT2D eigenvalue weighted by atomic mass is 9.91. The van der Waals surface area contributed by atoms with Crippen molar-refractivity contribution in [1.29, 1.82) is 0 Å². The fourth-order valence-corrected chi connectivity index (χ4v) is 3.46. The number of hydrogen-bond donors (Lipinski definition) is 1. The van der Waals surface area contributed by atoms with Crippen molar-refractivity contribution < 1.29 is 9.59 Å². The lowest BCUT2D eigenvalue weighted by molar-refractivity contribution is -0.125. The first-order valence-corrected chi connectivity index (χ1v) is 8.12. The van der Waals surface area contributed by atoms with Crippen LogP contribution < -0.4 is 5.32 Å². The second-order valence-corrected chi connectivity index (χ2v) is 7.61. The fourth-order valence-electron chi connectivity index (χ4n) is 2.29. The monoisotopic (exact) mass is 293 g/mol. The average molecular weight is 293 g/mol. The first kappa shape index (κ1) is 15.2. The molecule has 0 atom stereocenters. The number of thiophene rings is 1. The minimum Gasteiger partial charge on any atom is -0.344 e. The van der Waals surface area contributed by atoms with Crippen LogP contribution in [0.3, 0.4) is 0 Å². The molecule has 2 rings (SSSR count). The molecule has 0 saturated carbocycles. The van der Waals surface area contributed by atoms with Crippen molar-refractivity contribution in [3.8, 4) is 0 Å². The van der Waals surface area contributed by atoms with Gasteiger partial charge in [-0.15, -0.1) is 11.3 Å². The Bertz CT molecular complexity index is 488. The van der Waals surface area contributed by atoms with E-state index in [-0.39, 0.29) is 18.2 Å². The highest BCUT2D eigenvalue weighted by atomic mass is 32.1. The van der Waals surface area contributed by atoms with E-state index in [1.165, 1.54) is 29.7 Å². The molecule has 3 nitrogen and oxygen atoms in total. The van der Waals surface area contributed by atoms with Gasteiger partial charge >= 0.3 is 0 Å². The topological polar surface area (TPSA) is 46.2 Å². The third kappa shape index (κ3) is 3.69. The molecule has 1 amide bonds. The first-order valence-electron chi connectivity index (χ1n) is 7.31. The van der Waals surface area contributed by atoms with Crippen LogP contribution in [0.1, 0.15) is 60.1 Å². The van der Waals surface area contributed by atoms with E-state index in [0.717, 1.165) is 17.7 Å². The molecule has 110 valence electrons. The number of amides is 1. The minimum absolute atomic E-state index is 0.0592. The van der Waals surface area contributed by atoms with E-state index in [4.69, 9.17) is 0 Å². The molecule has 1 aliphatic rings. The largest absolute Gasteiger partial charge is 0.344 e. The van der Waals surface area contributed by atoms with E-state index in [1.807, 2.05) is 26.8 Å². The van der Waals surface area contributed by atoms with Crippen LogP contribution in [-0.2, 0) is 17.6 Å². The van der Waals surface area contributed by atoms with Gasteiger partial charge in [-0.3, -0.25) is 9.59 Å². The van der Waals surface area contributed by atoms with Gasteiger partial charge in [0.2, 0.25) is 0 Å². The molecule has 0 fully saturated rings. The van der Waals surface area contributed by atoms with Gasteiger partial charge in [0.1, 0.15) is 0 Å². The summed E-state index contributed by atoms with van der Waals surface area (Å²) in [5.41, 5.74) is 0.930. The number of carbonyl (C=O) groups is 2.